The number of methoxy groups -OCH3 is 1. The second-order valence-electron chi connectivity index (χ2n) is 4.48. The average Bonchev–Trinajstić information content (AvgIpc) is 2.63. The number of nitrogens with zero attached hydrogens (tertiary/aromatic N) is 2. The lowest BCUT2D eigenvalue weighted by atomic mass is 10.0. The maximum Gasteiger partial charge on any atom is 0.217 e. The third kappa shape index (κ3) is 2.98. The highest BCUT2D eigenvalue weighted by Gasteiger charge is 2.21. The Morgan fingerprint density at radius 1 is 1.47 bits per heavy atom. The molecule has 1 heterocycles. The first-order valence-electron chi connectivity index (χ1n) is 6.03. The van der Waals surface area contributed by atoms with Gasteiger partial charge in [-0.1, -0.05) is 28.1 Å². The molecule has 0 aliphatic rings. The van der Waals surface area contributed by atoms with Crippen molar-refractivity contribution in [3.05, 3.63) is 45.6 Å². The molecule has 0 spiro atoms. The summed E-state index contributed by atoms with van der Waals surface area (Å²) in [5.41, 5.74) is 2.61. The molecule has 0 bridgehead atoms. The van der Waals surface area contributed by atoms with Gasteiger partial charge in [0.15, 0.2) is 0 Å². The molecule has 0 aliphatic carbocycles. The standard InChI is InChI=1S/C14H17BrN2O2/c1-9-13(14(19-3)17(2)16-9)12(18)8-10-5-4-6-11(15)7-10/h4-7,12,18H,8H2,1-3H3. The maximum absolute atomic E-state index is 10.4. The molecule has 0 saturated heterocycles. The molecule has 0 fully saturated rings. The first kappa shape index (κ1) is 14.1. The van der Waals surface area contributed by atoms with Gasteiger partial charge in [-0.05, 0) is 24.6 Å². The zero-order valence-electron chi connectivity index (χ0n) is 11.2. The van der Waals surface area contributed by atoms with Crippen molar-refractivity contribution in [3.8, 4) is 5.88 Å². The number of aliphatic hydroxyl groups excluding tert-OH is 1. The molecule has 1 unspecified atom stereocenters. The lowest BCUT2D eigenvalue weighted by Gasteiger charge is -2.12. The molecule has 1 N–H and O–H groups in total. The van der Waals surface area contributed by atoms with Gasteiger partial charge in [-0.15, -0.1) is 0 Å². The molecule has 0 amide bonds. The van der Waals surface area contributed by atoms with Crippen LogP contribution in [0.4, 0.5) is 0 Å². The van der Waals surface area contributed by atoms with Gasteiger partial charge in [-0.25, -0.2) is 4.68 Å². The number of halogens is 1. The molecule has 19 heavy (non-hydrogen) atoms. The van der Waals surface area contributed by atoms with Crippen molar-refractivity contribution in [2.45, 2.75) is 19.4 Å². The first-order valence-corrected chi connectivity index (χ1v) is 6.82. The number of aryl methyl sites for hydroxylation is 2. The fraction of sp³-hybridized carbons (Fsp3) is 0.357. The van der Waals surface area contributed by atoms with Crippen LogP contribution in [0.15, 0.2) is 28.7 Å². The van der Waals surface area contributed by atoms with E-state index in [2.05, 4.69) is 21.0 Å². The van der Waals surface area contributed by atoms with E-state index in [1.165, 1.54) is 0 Å². The smallest absolute Gasteiger partial charge is 0.217 e. The van der Waals surface area contributed by atoms with Crippen LogP contribution in [0.2, 0.25) is 0 Å². The van der Waals surface area contributed by atoms with Gasteiger partial charge in [-0.3, -0.25) is 0 Å². The Morgan fingerprint density at radius 3 is 2.84 bits per heavy atom. The number of hydrogen-bond donors (Lipinski definition) is 1. The Bertz CT molecular complexity index is 581. The van der Waals surface area contributed by atoms with E-state index < -0.39 is 6.10 Å². The van der Waals surface area contributed by atoms with E-state index in [1.807, 2.05) is 31.2 Å². The number of benzene rings is 1. The molecule has 0 saturated carbocycles. The van der Waals surface area contributed by atoms with Crippen molar-refractivity contribution in [3.63, 3.8) is 0 Å². The summed E-state index contributed by atoms with van der Waals surface area (Å²) < 4.78 is 7.96. The summed E-state index contributed by atoms with van der Waals surface area (Å²) in [5.74, 6) is 0.611. The molecule has 4 nitrogen and oxygen atoms in total. The minimum Gasteiger partial charge on any atom is -0.481 e. The monoisotopic (exact) mass is 324 g/mol. The summed E-state index contributed by atoms with van der Waals surface area (Å²) in [4.78, 5) is 0. The van der Waals surface area contributed by atoms with Crippen LogP contribution < -0.4 is 4.74 Å². The Labute approximate surface area is 121 Å². The van der Waals surface area contributed by atoms with Gasteiger partial charge in [0, 0.05) is 17.9 Å². The number of rotatable bonds is 4. The van der Waals surface area contributed by atoms with Gasteiger partial charge in [0.1, 0.15) is 0 Å². The summed E-state index contributed by atoms with van der Waals surface area (Å²) in [5, 5.41) is 14.7. The summed E-state index contributed by atoms with van der Waals surface area (Å²) in [6.07, 6.45) is -0.0968. The molecular formula is C14H17BrN2O2. The lowest BCUT2D eigenvalue weighted by Crippen LogP contribution is -2.05. The lowest BCUT2D eigenvalue weighted by molar-refractivity contribution is 0.172. The third-order valence-corrected chi connectivity index (χ3v) is 3.55. The van der Waals surface area contributed by atoms with Gasteiger partial charge in [0.05, 0.1) is 24.5 Å². The summed E-state index contributed by atoms with van der Waals surface area (Å²) in [6.45, 7) is 1.88. The molecule has 0 aliphatic heterocycles. The van der Waals surface area contributed by atoms with E-state index in [1.54, 1.807) is 18.8 Å². The van der Waals surface area contributed by atoms with Crippen molar-refractivity contribution < 1.29 is 9.84 Å². The average molecular weight is 325 g/mol. The van der Waals surface area contributed by atoms with Gasteiger partial charge in [0.2, 0.25) is 5.88 Å². The zero-order chi connectivity index (χ0) is 14.0. The Balaban J connectivity index is 2.27. The Morgan fingerprint density at radius 2 is 2.21 bits per heavy atom. The highest BCUT2D eigenvalue weighted by atomic mass is 79.9. The predicted molar refractivity (Wildman–Crippen MR) is 77.3 cm³/mol. The quantitative estimate of drug-likeness (QED) is 0.940. The first-order chi connectivity index (χ1) is 9.02. The van der Waals surface area contributed by atoms with Crippen molar-refractivity contribution >= 4 is 15.9 Å². The fourth-order valence-corrected chi connectivity index (χ4v) is 2.71. The largest absolute Gasteiger partial charge is 0.481 e. The van der Waals surface area contributed by atoms with Crippen LogP contribution in [0.3, 0.4) is 0 Å². The highest BCUT2D eigenvalue weighted by molar-refractivity contribution is 9.10. The van der Waals surface area contributed by atoms with Gasteiger partial charge in [0.25, 0.3) is 0 Å². The number of aromatic nitrogens is 2. The predicted octanol–water partition coefficient (Wildman–Crippen LogP) is 2.78. The second-order valence-corrected chi connectivity index (χ2v) is 5.40. The van der Waals surface area contributed by atoms with E-state index in [4.69, 9.17) is 4.74 Å². The summed E-state index contributed by atoms with van der Waals surface area (Å²) >= 11 is 3.43. The molecular weight excluding hydrogens is 308 g/mol. The number of hydrogen-bond acceptors (Lipinski definition) is 3. The second kappa shape index (κ2) is 5.75. The fourth-order valence-electron chi connectivity index (χ4n) is 2.27. The van der Waals surface area contributed by atoms with E-state index in [9.17, 15) is 5.11 Å². The van der Waals surface area contributed by atoms with Gasteiger partial charge >= 0.3 is 0 Å². The van der Waals surface area contributed by atoms with Crippen LogP contribution in [-0.2, 0) is 13.5 Å². The van der Waals surface area contributed by atoms with Gasteiger partial charge < -0.3 is 9.84 Å². The molecule has 2 aromatic rings. The topological polar surface area (TPSA) is 47.3 Å². The Hall–Kier alpha value is -1.33. The Kier molecular flexibility index (Phi) is 4.27. The van der Waals surface area contributed by atoms with E-state index in [0.717, 1.165) is 21.3 Å². The molecule has 1 atom stereocenters. The van der Waals surface area contributed by atoms with Crippen LogP contribution in [0.25, 0.3) is 0 Å². The molecule has 5 heteroatoms. The van der Waals surface area contributed by atoms with Crippen LogP contribution in [-0.4, -0.2) is 22.0 Å². The van der Waals surface area contributed by atoms with E-state index in [-0.39, 0.29) is 0 Å². The minimum atomic E-state index is -0.627. The normalized spacial score (nSPS) is 12.5. The third-order valence-electron chi connectivity index (χ3n) is 3.06. The van der Waals surface area contributed by atoms with E-state index in [0.29, 0.717) is 12.3 Å². The van der Waals surface area contributed by atoms with Crippen molar-refractivity contribution in [2.75, 3.05) is 7.11 Å². The van der Waals surface area contributed by atoms with Crippen molar-refractivity contribution in [1.82, 2.24) is 9.78 Å². The summed E-state index contributed by atoms with van der Waals surface area (Å²) in [7, 11) is 3.40. The molecule has 1 aromatic heterocycles. The van der Waals surface area contributed by atoms with Crippen LogP contribution >= 0.6 is 15.9 Å². The van der Waals surface area contributed by atoms with Crippen molar-refractivity contribution in [1.29, 1.82) is 0 Å². The van der Waals surface area contributed by atoms with Crippen LogP contribution in [0.5, 0.6) is 5.88 Å². The number of aliphatic hydroxyl groups is 1. The minimum absolute atomic E-state index is 0.530. The van der Waals surface area contributed by atoms with Crippen LogP contribution in [0, 0.1) is 6.92 Å². The SMILES string of the molecule is COc1c(C(O)Cc2cccc(Br)c2)c(C)nn1C. The number of ether oxygens (including phenoxy) is 1. The van der Waals surface area contributed by atoms with Gasteiger partial charge in [-0.2, -0.15) is 5.10 Å². The molecule has 102 valence electrons. The summed E-state index contributed by atoms with van der Waals surface area (Å²) in [6, 6.07) is 7.92. The van der Waals surface area contributed by atoms with Crippen LogP contribution in [0.1, 0.15) is 22.9 Å². The zero-order valence-corrected chi connectivity index (χ0v) is 12.8. The maximum atomic E-state index is 10.4. The molecule has 2 rings (SSSR count). The van der Waals surface area contributed by atoms with E-state index >= 15 is 0 Å². The molecule has 0 radical (unpaired) electrons. The van der Waals surface area contributed by atoms with Crippen molar-refractivity contribution in [2.24, 2.45) is 7.05 Å². The highest BCUT2D eigenvalue weighted by Crippen LogP contribution is 2.30. The molecule has 1 aromatic carbocycles.